The van der Waals surface area contributed by atoms with Crippen molar-refractivity contribution in [3.63, 3.8) is 0 Å². The molecule has 1 aromatic rings. The minimum absolute atomic E-state index is 0.00106. The zero-order valence-electron chi connectivity index (χ0n) is 9.28. The summed E-state index contributed by atoms with van der Waals surface area (Å²) in [6.45, 7) is 0.595. The average molecular weight is 252 g/mol. The summed E-state index contributed by atoms with van der Waals surface area (Å²) in [7, 11) is 0. The first-order valence-corrected chi connectivity index (χ1v) is 6.83. The van der Waals surface area contributed by atoms with Gasteiger partial charge in [0.25, 0.3) is 0 Å². The van der Waals surface area contributed by atoms with Crippen LogP contribution in [0.15, 0.2) is 18.2 Å². The first-order chi connectivity index (χ1) is 8.27. The normalized spacial score (nSPS) is 22.9. The van der Waals surface area contributed by atoms with Crippen LogP contribution in [0.5, 0.6) is 0 Å². The van der Waals surface area contributed by atoms with Crippen LogP contribution in [0.1, 0.15) is 5.56 Å². The van der Waals surface area contributed by atoms with Gasteiger partial charge in [0.1, 0.15) is 5.82 Å². The van der Waals surface area contributed by atoms with Crippen molar-refractivity contribution >= 4 is 23.4 Å². The Kier molecular flexibility index (Phi) is 2.80. The maximum Gasteiger partial charge on any atom is 0.245 e. The number of para-hydroxylation sites is 1. The molecule has 0 aromatic heterocycles. The predicted molar refractivity (Wildman–Crippen MR) is 66.7 cm³/mol. The fraction of sp³-hybridized carbons (Fsp3) is 0.417. The molecule has 2 aliphatic rings. The molecule has 1 aromatic carbocycles. The lowest BCUT2D eigenvalue weighted by Gasteiger charge is -2.21. The summed E-state index contributed by atoms with van der Waals surface area (Å²) in [5, 5.41) is 3.13. The summed E-state index contributed by atoms with van der Waals surface area (Å²) < 4.78 is 13.8. The molecule has 2 heterocycles. The fourth-order valence-electron chi connectivity index (χ4n) is 2.37. The Morgan fingerprint density at radius 1 is 1.53 bits per heavy atom. The number of rotatable bonds is 1. The average Bonchev–Trinajstić information content (AvgIpc) is 2.98. The van der Waals surface area contributed by atoms with E-state index in [1.807, 2.05) is 6.07 Å². The second kappa shape index (κ2) is 4.31. The van der Waals surface area contributed by atoms with Gasteiger partial charge in [-0.1, -0.05) is 12.1 Å². The van der Waals surface area contributed by atoms with Gasteiger partial charge in [-0.2, -0.15) is 0 Å². The largest absolute Gasteiger partial charge is 0.308 e. The second-order valence-electron chi connectivity index (χ2n) is 4.26. The fourth-order valence-corrected chi connectivity index (χ4v) is 3.30. The van der Waals surface area contributed by atoms with Crippen LogP contribution in [0.25, 0.3) is 0 Å². The van der Waals surface area contributed by atoms with E-state index in [4.69, 9.17) is 0 Å². The number of carbonyl (C=O) groups is 1. The molecule has 1 fully saturated rings. The minimum Gasteiger partial charge on any atom is -0.308 e. The maximum absolute atomic E-state index is 13.8. The van der Waals surface area contributed by atoms with Crippen molar-refractivity contribution in [2.24, 2.45) is 0 Å². The molecule has 17 heavy (non-hydrogen) atoms. The second-order valence-corrected chi connectivity index (χ2v) is 5.29. The molecule has 1 amide bonds. The molecule has 1 saturated heterocycles. The van der Waals surface area contributed by atoms with Gasteiger partial charge in [-0.05, 0) is 18.1 Å². The number of nitrogens with zero attached hydrogens (tertiary/aromatic N) is 1. The number of fused-ring (bicyclic) bond motifs is 1. The molecule has 3 rings (SSSR count). The monoisotopic (exact) mass is 252 g/mol. The standard InChI is InChI=1S/C12H13FN2OS/c13-9-3-1-2-8-4-5-15(11(8)9)12(16)10-6-17-7-14-10/h1-3,10,14H,4-7H2. The van der Waals surface area contributed by atoms with Gasteiger partial charge in [-0.25, -0.2) is 4.39 Å². The van der Waals surface area contributed by atoms with E-state index in [-0.39, 0.29) is 17.8 Å². The third-order valence-corrected chi connectivity index (χ3v) is 4.17. The zero-order chi connectivity index (χ0) is 11.8. The number of hydrogen-bond donors (Lipinski definition) is 1. The van der Waals surface area contributed by atoms with E-state index in [0.29, 0.717) is 12.2 Å². The lowest BCUT2D eigenvalue weighted by atomic mass is 10.1. The summed E-state index contributed by atoms with van der Waals surface area (Å²) in [6, 6.07) is 4.85. The van der Waals surface area contributed by atoms with Crippen molar-refractivity contribution < 1.29 is 9.18 Å². The highest BCUT2D eigenvalue weighted by molar-refractivity contribution is 7.99. The smallest absolute Gasteiger partial charge is 0.245 e. The molecule has 90 valence electrons. The number of carbonyl (C=O) groups excluding carboxylic acids is 1. The zero-order valence-corrected chi connectivity index (χ0v) is 10.1. The van der Waals surface area contributed by atoms with E-state index in [9.17, 15) is 9.18 Å². The van der Waals surface area contributed by atoms with Crippen molar-refractivity contribution in [3.8, 4) is 0 Å². The Balaban J connectivity index is 1.90. The summed E-state index contributed by atoms with van der Waals surface area (Å²) in [5.41, 5.74) is 1.42. The van der Waals surface area contributed by atoms with Crippen LogP contribution in [-0.2, 0) is 11.2 Å². The van der Waals surface area contributed by atoms with Crippen molar-refractivity contribution in [1.82, 2.24) is 5.32 Å². The highest BCUT2D eigenvalue weighted by Gasteiger charge is 2.33. The van der Waals surface area contributed by atoms with E-state index < -0.39 is 0 Å². The van der Waals surface area contributed by atoms with Crippen molar-refractivity contribution in [1.29, 1.82) is 0 Å². The van der Waals surface area contributed by atoms with Crippen molar-refractivity contribution in [2.75, 3.05) is 23.1 Å². The third kappa shape index (κ3) is 1.83. The number of nitrogens with one attached hydrogen (secondary N) is 1. The van der Waals surface area contributed by atoms with Gasteiger partial charge in [0.05, 0.1) is 11.7 Å². The molecule has 5 heteroatoms. The molecule has 2 aliphatic heterocycles. The van der Waals surface area contributed by atoms with Crippen molar-refractivity contribution in [3.05, 3.63) is 29.6 Å². The van der Waals surface area contributed by atoms with Crippen LogP contribution >= 0.6 is 11.8 Å². The molecular formula is C12H13FN2OS. The molecule has 3 nitrogen and oxygen atoms in total. The predicted octanol–water partition coefficient (Wildman–Crippen LogP) is 1.38. The van der Waals surface area contributed by atoms with Crippen LogP contribution in [0, 0.1) is 5.82 Å². The topological polar surface area (TPSA) is 32.3 Å². The Hall–Kier alpha value is -1.07. The molecule has 0 aliphatic carbocycles. The van der Waals surface area contributed by atoms with Crippen LogP contribution in [0.4, 0.5) is 10.1 Å². The molecule has 1 N–H and O–H groups in total. The minimum atomic E-state index is -0.293. The molecule has 1 unspecified atom stereocenters. The SMILES string of the molecule is O=C(C1CSCN1)N1CCc2cccc(F)c21. The van der Waals surface area contributed by atoms with Crippen molar-refractivity contribution in [2.45, 2.75) is 12.5 Å². The highest BCUT2D eigenvalue weighted by atomic mass is 32.2. The number of anilines is 1. The lowest BCUT2D eigenvalue weighted by Crippen LogP contribution is -2.44. The highest BCUT2D eigenvalue weighted by Crippen LogP contribution is 2.31. The molecule has 1 atom stereocenters. The quantitative estimate of drug-likeness (QED) is 0.819. The molecule has 0 spiro atoms. The molecule has 0 radical (unpaired) electrons. The molecular weight excluding hydrogens is 239 g/mol. The van der Waals surface area contributed by atoms with Gasteiger partial charge in [-0.15, -0.1) is 11.8 Å². The summed E-state index contributed by atoms with van der Waals surface area (Å²) in [6.07, 6.45) is 0.749. The number of hydrogen-bond acceptors (Lipinski definition) is 3. The first-order valence-electron chi connectivity index (χ1n) is 5.67. The Morgan fingerprint density at radius 2 is 2.41 bits per heavy atom. The van der Waals surface area contributed by atoms with Crippen LogP contribution in [0.2, 0.25) is 0 Å². The lowest BCUT2D eigenvalue weighted by molar-refractivity contribution is -0.119. The third-order valence-electron chi connectivity index (χ3n) is 3.23. The molecule has 0 bridgehead atoms. The van der Waals surface area contributed by atoms with E-state index in [1.54, 1.807) is 22.7 Å². The van der Waals surface area contributed by atoms with Crippen LogP contribution in [0.3, 0.4) is 0 Å². The first kappa shape index (κ1) is 11.0. The Labute approximate surface area is 103 Å². The van der Waals surface area contributed by atoms with Gasteiger partial charge in [0, 0.05) is 18.2 Å². The van der Waals surface area contributed by atoms with E-state index in [2.05, 4.69) is 5.32 Å². The van der Waals surface area contributed by atoms with E-state index >= 15 is 0 Å². The molecule has 0 saturated carbocycles. The summed E-state index contributed by atoms with van der Waals surface area (Å²) >= 11 is 1.70. The van der Waals surface area contributed by atoms with Gasteiger partial charge >= 0.3 is 0 Å². The van der Waals surface area contributed by atoms with Gasteiger partial charge < -0.3 is 4.90 Å². The van der Waals surface area contributed by atoms with Gasteiger partial charge in [0.2, 0.25) is 5.91 Å². The Bertz CT molecular complexity index is 460. The number of halogens is 1. The van der Waals surface area contributed by atoms with Crippen LogP contribution in [-0.4, -0.2) is 30.1 Å². The number of benzene rings is 1. The van der Waals surface area contributed by atoms with Gasteiger partial charge in [-0.3, -0.25) is 10.1 Å². The number of amides is 1. The summed E-state index contributed by atoms with van der Waals surface area (Å²) in [5.74, 6) is 1.28. The van der Waals surface area contributed by atoms with E-state index in [1.165, 1.54) is 6.07 Å². The summed E-state index contributed by atoms with van der Waals surface area (Å²) in [4.78, 5) is 13.8. The van der Waals surface area contributed by atoms with Gasteiger partial charge in [0.15, 0.2) is 0 Å². The number of thioether (sulfide) groups is 1. The maximum atomic E-state index is 13.8. The van der Waals surface area contributed by atoms with E-state index in [0.717, 1.165) is 23.6 Å². The van der Waals surface area contributed by atoms with Crippen LogP contribution < -0.4 is 10.2 Å². The Morgan fingerprint density at radius 3 is 3.18 bits per heavy atom.